The standard InChI is InChI=1S/C8H15BO5S/c1-12-5-13-7-3-6(9)4-8(7)14-15(2,10)11/h6-8H,3-5H2,1-2H3. The van der Waals surface area contributed by atoms with Gasteiger partial charge in [0.2, 0.25) is 0 Å². The first kappa shape index (κ1) is 13.0. The van der Waals surface area contributed by atoms with Gasteiger partial charge in [0, 0.05) is 7.11 Å². The highest BCUT2D eigenvalue weighted by Crippen LogP contribution is 2.33. The molecule has 3 unspecified atom stereocenters. The molecule has 0 aromatic rings. The van der Waals surface area contributed by atoms with Crippen LogP contribution in [0.15, 0.2) is 0 Å². The van der Waals surface area contributed by atoms with Crippen LogP contribution in [0.5, 0.6) is 0 Å². The Morgan fingerprint density at radius 1 is 1.33 bits per heavy atom. The van der Waals surface area contributed by atoms with E-state index in [1.165, 1.54) is 7.11 Å². The summed E-state index contributed by atoms with van der Waals surface area (Å²) >= 11 is 0. The third-order valence-corrected chi connectivity index (χ3v) is 2.78. The van der Waals surface area contributed by atoms with Crippen molar-refractivity contribution in [1.29, 1.82) is 0 Å². The van der Waals surface area contributed by atoms with Crippen LogP contribution < -0.4 is 0 Å². The van der Waals surface area contributed by atoms with E-state index in [0.717, 1.165) is 6.26 Å². The molecule has 15 heavy (non-hydrogen) atoms. The SMILES string of the molecule is [B]C1CC(OCOC)C(OS(C)(=O)=O)C1. The highest BCUT2D eigenvalue weighted by Gasteiger charge is 2.35. The van der Waals surface area contributed by atoms with Gasteiger partial charge in [0.15, 0.2) is 0 Å². The fourth-order valence-corrected chi connectivity index (χ4v) is 2.30. The zero-order chi connectivity index (χ0) is 11.5. The van der Waals surface area contributed by atoms with E-state index in [-0.39, 0.29) is 18.7 Å². The lowest BCUT2D eigenvalue weighted by Crippen LogP contribution is -2.28. The molecule has 86 valence electrons. The summed E-state index contributed by atoms with van der Waals surface area (Å²) in [5.74, 6) is -0.0846. The molecule has 0 amide bonds. The molecule has 0 bridgehead atoms. The molecule has 0 saturated heterocycles. The Balaban J connectivity index is 2.53. The van der Waals surface area contributed by atoms with Crippen LogP contribution in [0.4, 0.5) is 0 Å². The molecule has 1 saturated carbocycles. The molecule has 0 spiro atoms. The van der Waals surface area contributed by atoms with E-state index in [9.17, 15) is 8.42 Å². The summed E-state index contributed by atoms with van der Waals surface area (Å²) in [6.07, 6.45) is 1.29. The second kappa shape index (κ2) is 5.29. The fraction of sp³-hybridized carbons (Fsp3) is 1.00. The Morgan fingerprint density at radius 2 is 1.93 bits per heavy atom. The summed E-state index contributed by atoms with van der Waals surface area (Å²) in [6, 6.07) is 0. The predicted octanol–water partition coefficient (Wildman–Crippen LogP) is 0.0711. The van der Waals surface area contributed by atoms with Gasteiger partial charge in [0.05, 0.1) is 20.2 Å². The molecule has 5 nitrogen and oxygen atoms in total. The highest BCUT2D eigenvalue weighted by atomic mass is 32.2. The van der Waals surface area contributed by atoms with Crippen LogP contribution in [-0.2, 0) is 23.8 Å². The molecule has 0 N–H and O–H groups in total. The average molecular weight is 234 g/mol. The Bertz CT molecular complexity index is 291. The molecule has 0 heterocycles. The number of methoxy groups -OCH3 is 1. The minimum Gasteiger partial charge on any atom is -0.359 e. The number of hydrogen-bond donors (Lipinski definition) is 0. The maximum Gasteiger partial charge on any atom is 0.264 e. The average Bonchev–Trinajstić information content (AvgIpc) is 2.39. The van der Waals surface area contributed by atoms with E-state index >= 15 is 0 Å². The van der Waals surface area contributed by atoms with E-state index in [0.29, 0.717) is 12.8 Å². The molecular formula is C8H15BO5S. The first-order valence-corrected chi connectivity index (χ1v) is 6.48. The van der Waals surface area contributed by atoms with Crippen LogP contribution in [0.1, 0.15) is 12.8 Å². The summed E-state index contributed by atoms with van der Waals surface area (Å²) in [7, 11) is 3.75. The van der Waals surface area contributed by atoms with Crippen LogP contribution in [0.2, 0.25) is 5.82 Å². The van der Waals surface area contributed by atoms with Gasteiger partial charge in [-0.25, -0.2) is 0 Å². The lowest BCUT2D eigenvalue weighted by atomic mass is 9.86. The van der Waals surface area contributed by atoms with Crippen molar-refractivity contribution < 1.29 is 22.1 Å². The molecular weight excluding hydrogens is 219 g/mol. The maximum atomic E-state index is 11.0. The van der Waals surface area contributed by atoms with Crippen molar-refractivity contribution in [3.05, 3.63) is 0 Å². The van der Waals surface area contributed by atoms with Crippen LogP contribution in [-0.4, -0.2) is 48.6 Å². The van der Waals surface area contributed by atoms with Gasteiger partial charge in [0.1, 0.15) is 12.9 Å². The molecule has 1 aliphatic rings. The molecule has 0 aliphatic heterocycles. The lowest BCUT2D eigenvalue weighted by Gasteiger charge is -2.18. The van der Waals surface area contributed by atoms with Gasteiger partial charge in [-0.2, -0.15) is 8.42 Å². The smallest absolute Gasteiger partial charge is 0.264 e. The van der Waals surface area contributed by atoms with E-state index in [1.807, 2.05) is 0 Å². The van der Waals surface area contributed by atoms with Gasteiger partial charge in [-0.05, 0) is 12.8 Å². The van der Waals surface area contributed by atoms with E-state index in [4.69, 9.17) is 21.5 Å². The van der Waals surface area contributed by atoms with Crippen molar-refractivity contribution in [2.75, 3.05) is 20.2 Å². The van der Waals surface area contributed by atoms with Crippen LogP contribution in [0, 0.1) is 0 Å². The van der Waals surface area contributed by atoms with Gasteiger partial charge in [-0.1, -0.05) is 5.82 Å². The largest absolute Gasteiger partial charge is 0.359 e. The highest BCUT2D eigenvalue weighted by molar-refractivity contribution is 7.86. The van der Waals surface area contributed by atoms with E-state index < -0.39 is 16.2 Å². The Morgan fingerprint density at radius 3 is 2.47 bits per heavy atom. The Kier molecular flexibility index (Phi) is 4.57. The maximum absolute atomic E-state index is 11.0. The fourth-order valence-electron chi connectivity index (χ4n) is 1.65. The normalized spacial score (nSPS) is 32.0. The van der Waals surface area contributed by atoms with Gasteiger partial charge in [-0.15, -0.1) is 0 Å². The summed E-state index contributed by atoms with van der Waals surface area (Å²) in [5, 5.41) is 0. The van der Waals surface area contributed by atoms with E-state index in [1.54, 1.807) is 0 Å². The summed E-state index contributed by atoms with van der Waals surface area (Å²) < 4.78 is 36.9. The quantitative estimate of drug-likeness (QED) is 0.382. The first-order valence-electron chi connectivity index (χ1n) is 4.66. The minimum atomic E-state index is -3.47. The summed E-state index contributed by atoms with van der Waals surface area (Å²) in [6.45, 7) is 0.112. The topological polar surface area (TPSA) is 61.8 Å². The van der Waals surface area contributed by atoms with Crippen molar-refractivity contribution >= 4 is 18.0 Å². The van der Waals surface area contributed by atoms with E-state index in [2.05, 4.69) is 0 Å². The molecule has 0 aromatic heterocycles. The van der Waals surface area contributed by atoms with Crippen molar-refractivity contribution in [3.63, 3.8) is 0 Å². The third-order valence-electron chi connectivity index (χ3n) is 2.18. The summed E-state index contributed by atoms with van der Waals surface area (Å²) in [4.78, 5) is 0. The second-order valence-electron chi connectivity index (χ2n) is 3.68. The van der Waals surface area contributed by atoms with Crippen molar-refractivity contribution in [3.8, 4) is 0 Å². The summed E-state index contributed by atoms with van der Waals surface area (Å²) in [5.41, 5.74) is 0. The molecule has 3 atom stereocenters. The van der Waals surface area contributed by atoms with Gasteiger partial charge < -0.3 is 9.47 Å². The molecule has 0 aromatic carbocycles. The lowest BCUT2D eigenvalue weighted by molar-refractivity contribution is -0.0950. The predicted molar refractivity (Wildman–Crippen MR) is 55.2 cm³/mol. The van der Waals surface area contributed by atoms with Gasteiger partial charge in [0.25, 0.3) is 10.1 Å². The van der Waals surface area contributed by atoms with Gasteiger partial charge >= 0.3 is 0 Å². The molecule has 1 rings (SSSR count). The number of rotatable bonds is 5. The zero-order valence-corrected chi connectivity index (χ0v) is 9.70. The Hall–Kier alpha value is -0.105. The van der Waals surface area contributed by atoms with Crippen molar-refractivity contribution in [2.45, 2.75) is 30.9 Å². The molecule has 7 heteroatoms. The second-order valence-corrected chi connectivity index (χ2v) is 5.28. The monoisotopic (exact) mass is 234 g/mol. The van der Waals surface area contributed by atoms with Gasteiger partial charge in [-0.3, -0.25) is 4.18 Å². The number of ether oxygens (including phenoxy) is 2. The van der Waals surface area contributed by atoms with Crippen LogP contribution in [0.3, 0.4) is 0 Å². The Labute approximate surface area is 91.6 Å². The zero-order valence-electron chi connectivity index (χ0n) is 8.88. The van der Waals surface area contributed by atoms with Crippen molar-refractivity contribution in [2.24, 2.45) is 0 Å². The third kappa shape index (κ3) is 4.50. The molecule has 1 fully saturated rings. The number of hydrogen-bond acceptors (Lipinski definition) is 5. The molecule has 1 aliphatic carbocycles. The van der Waals surface area contributed by atoms with Crippen molar-refractivity contribution in [1.82, 2.24) is 0 Å². The molecule has 2 radical (unpaired) electrons. The van der Waals surface area contributed by atoms with Crippen LogP contribution in [0.25, 0.3) is 0 Å². The first-order chi connectivity index (χ1) is 6.92. The van der Waals surface area contributed by atoms with Crippen LogP contribution >= 0.6 is 0 Å². The minimum absolute atomic E-state index is 0.0846.